The van der Waals surface area contributed by atoms with Gasteiger partial charge in [-0.1, -0.05) is 6.92 Å². The molecule has 2 unspecified atom stereocenters. The first kappa shape index (κ1) is 11.6. The Labute approximate surface area is 89.3 Å². The van der Waals surface area contributed by atoms with Crippen molar-refractivity contribution in [1.82, 2.24) is 4.98 Å². The van der Waals surface area contributed by atoms with Gasteiger partial charge in [0.05, 0.1) is 5.51 Å². The fourth-order valence-corrected chi connectivity index (χ4v) is 2.24. The summed E-state index contributed by atoms with van der Waals surface area (Å²) >= 11 is 1.67. The van der Waals surface area contributed by atoms with E-state index in [-0.39, 0.29) is 6.04 Å². The SMILES string of the molecule is COCC(C)CC(N)Cc1cncs1. The number of rotatable bonds is 6. The van der Waals surface area contributed by atoms with Gasteiger partial charge in [-0.15, -0.1) is 11.3 Å². The van der Waals surface area contributed by atoms with Crippen LogP contribution >= 0.6 is 11.3 Å². The minimum atomic E-state index is 0.223. The van der Waals surface area contributed by atoms with E-state index in [1.165, 1.54) is 4.88 Å². The molecule has 0 spiro atoms. The van der Waals surface area contributed by atoms with Crippen molar-refractivity contribution in [3.8, 4) is 0 Å². The molecule has 14 heavy (non-hydrogen) atoms. The van der Waals surface area contributed by atoms with Crippen molar-refractivity contribution in [3.63, 3.8) is 0 Å². The Bertz CT molecular complexity index is 238. The summed E-state index contributed by atoms with van der Waals surface area (Å²) in [5.74, 6) is 0.530. The summed E-state index contributed by atoms with van der Waals surface area (Å²) < 4.78 is 5.07. The number of aromatic nitrogens is 1. The molecule has 4 heteroatoms. The maximum atomic E-state index is 6.02. The van der Waals surface area contributed by atoms with Crippen molar-refractivity contribution < 1.29 is 4.74 Å². The molecule has 0 aliphatic rings. The Morgan fingerprint density at radius 1 is 1.64 bits per heavy atom. The van der Waals surface area contributed by atoms with Gasteiger partial charge in [0, 0.05) is 30.8 Å². The summed E-state index contributed by atoms with van der Waals surface area (Å²) in [5.41, 5.74) is 7.87. The number of methoxy groups -OCH3 is 1. The summed E-state index contributed by atoms with van der Waals surface area (Å²) in [6.07, 6.45) is 3.83. The number of hydrogen-bond acceptors (Lipinski definition) is 4. The van der Waals surface area contributed by atoms with Crippen molar-refractivity contribution in [3.05, 3.63) is 16.6 Å². The van der Waals surface area contributed by atoms with Crippen molar-refractivity contribution in [2.45, 2.75) is 25.8 Å². The zero-order valence-electron chi connectivity index (χ0n) is 8.77. The van der Waals surface area contributed by atoms with Crippen LogP contribution in [0.4, 0.5) is 0 Å². The number of thiazole rings is 1. The normalized spacial score (nSPS) is 15.4. The lowest BCUT2D eigenvalue weighted by molar-refractivity contribution is 0.152. The van der Waals surface area contributed by atoms with E-state index in [4.69, 9.17) is 10.5 Å². The molecule has 1 aromatic heterocycles. The van der Waals surface area contributed by atoms with Crippen LogP contribution in [0.25, 0.3) is 0 Å². The van der Waals surface area contributed by atoms with E-state index in [0.29, 0.717) is 5.92 Å². The predicted molar refractivity (Wildman–Crippen MR) is 59.5 cm³/mol. The third-order valence-corrected chi connectivity index (χ3v) is 2.91. The fraction of sp³-hybridized carbons (Fsp3) is 0.700. The molecule has 0 aliphatic heterocycles. The predicted octanol–water partition coefficient (Wildman–Crippen LogP) is 1.69. The highest BCUT2D eigenvalue weighted by atomic mass is 32.1. The molecular formula is C10H18N2OS. The molecule has 1 rings (SSSR count). The molecule has 0 fully saturated rings. The molecule has 0 amide bonds. The summed E-state index contributed by atoms with van der Waals surface area (Å²) in [7, 11) is 1.73. The Hall–Kier alpha value is -0.450. The molecular weight excluding hydrogens is 196 g/mol. The fourth-order valence-electron chi connectivity index (χ4n) is 1.55. The number of nitrogens with two attached hydrogens (primary N) is 1. The van der Waals surface area contributed by atoms with Crippen LogP contribution in [0.1, 0.15) is 18.2 Å². The maximum absolute atomic E-state index is 6.02. The number of hydrogen-bond donors (Lipinski definition) is 1. The smallest absolute Gasteiger partial charge is 0.0794 e. The first-order valence-electron chi connectivity index (χ1n) is 4.84. The summed E-state index contributed by atoms with van der Waals surface area (Å²) in [4.78, 5) is 5.29. The summed E-state index contributed by atoms with van der Waals surface area (Å²) in [5, 5.41) is 0. The molecule has 0 bridgehead atoms. The molecule has 1 aromatic rings. The van der Waals surface area contributed by atoms with Gasteiger partial charge in [0.15, 0.2) is 0 Å². The molecule has 0 radical (unpaired) electrons. The minimum absolute atomic E-state index is 0.223. The van der Waals surface area contributed by atoms with Crippen LogP contribution in [0, 0.1) is 5.92 Å². The lowest BCUT2D eigenvalue weighted by atomic mass is 10.0. The van der Waals surface area contributed by atoms with E-state index in [2.05, 4.69) is 11.9 Å². The highest BCUT2D eigenvalue weighted by molar-refractivity contribution is 7.09. The van der Waals surface area contributed by atoms with Crippen LogP contribution in [-0.2, 0) is 11.2 Å². The minimum Gasteiger partial charge on any atom is -0.384 e. The first-order chi connectivity index (χ1) is 6.72. The maximum Gasteiger partial charge on any atom is 0.0794 e. The van der Waals surface area contributed by atoms with Gasteiger partial charge in [-0.2, -0.15) is 0 Å². The second-order valence-corrected chi connectivity index (χ2v) is 4.70. The van der Waals surface area contributed by atoms with Crippen LogP contribution in [0.3, 0.4) is 0 Å². The van der Waals surface area contributed by atoms with Gasteiger partial charge in [-0.25, -0.2) is 0 Å². The second kappa shape index (κ2) is 6.11. The average Bonchev–Trinajstić information content (AvgIpc) is 2.56. The molecule has 1 heterocycles. The largest absolute Gasteiger partial charge is 0.384 e. The Kier molecular flexibility index (Phi) is 5.07. The molecule has 0 aromatic carbocycles. The van der Waals surface area contributed by atoms with Crippen LogP contribution in [0.2, 0.25) is 0 Å². The average molecular weight is 214 g/mol. The molecule has 2 N–H and O–H groups in total. The standard InChI is InChI=1S/C10H18N2OS/c1-8(6-13-2)3-9(11)4-10-5-12-7-14-10/h5,7-9H,3-4,6,11H2,1-2H3. The molecule has 0 saturated heterocycles. The first-order valence-corrected chi connectivity index (χ1v) is 5.72. The zero-order chi connectivity index (χ0) is 10.4. The van der Waals surface area contributed by atoms with Gasteiger partial charge >= 0.3 is 0 Å². The molecule has 80 valence electrons. The Morgan fingerprint density at radius 3 is 3.00 bits per heavy atom. The Morgan fingerprint density at radius 2 is 2.43 bits per heavy atom. The van der Waals surface area contributed by atoms with Crippen molar-refractivity contribution in [1.29, 1.82) is 0 Å². The van der Waals surface area contributed by atoms with E-state index in [1.807, 2.05) is 11.7 Å². The van der Waals surface area contributed by atoms with Gasteiger partial charge in [-0.3, -0.25) is 4.98 Å². The number of nitrogens with zero attached hydrogens (tertiary/aromatic N) is 1. The van der Waals surface area contributed by atoms with E-state index in [0.717, 1.165) is 19.4 Å². The lowest BCUT2D eigenvalue weighted by Gasteiger charge is -2.15. The molecule has 2 atom stereocenters. The topological polar surface area (TPSA) is 48.1 Å². The quantitative estimate of drug-likeness (QED) is 0.784. The van der Waals surface area contributed by atoms with E-state index < -0.39 is 0 Å². The van der Waals surface area contributed by atoms with E-state index in [1.54, 1.807) is 18.4 Å². The van der Waals surface area contributed by atoms with Crippen LogP contribution in [0.5, 0.6) is 0 Å². The van der Waals surface area contributed by atoms with Crippen LogP contribution in [-0.4, -0.2) is 24.7 Å². The highest BCUT2D eigenvalue weighted by Crippen LogP contribution is 2.12. The zero-order valence-corrected chi connectivity index (χ0v) is 9.59. The van der Waals surface area contributed by atoms with Crippen LogP contribution in [0.15, 0.2) is 11.7 Å². The van der Waals surface area contributed by atoms with Crippen molar-refractivity contribution in [2.24, 2.45) is 11.7 Å². The Balaban J connectivity index is 2.25. The van der Waals surface area contributed by atoms with Gasteiger partial charge in [0.1, 0.15) is 0 Å². The van der Waals surface area contributed by atoms with Gasteiger partial charge in [-0.05, 0) is 18.8 Å². The summed E-state index contributed by atoms with van der Waals surface area (Å²) in [6, 6.07) is 0.223. The van der Waals surface area contributed by atoms with Crippen LogP contribution < -0.4 is 5.73 Å². The van der Waals surface area contributed by atoms with Crippen molar-refractivity contribution in [2.75, 3.05) is 13.7 Å². The van der Waals surface area contributed by atoms with Gasteiger partial charge in [0.25, 0.3) is 0 Å². The molecule has 3 nitrogen and oxygen atoms in total. The van der Waals surface area contributed by atoms with E-state index in [9.17, 15) is 0 Å². The lowest BCUT2D eigenvalue weighted by Crippen LogP contribution is -2.26. The second-order valence-electron chi connectivity index (χ2n) is 3.73. The molecule has 0 saturated carbocycles. The highest BCUT2D eigenvalue weighted by Gasteiger charge is 2.10. The van der Waals surface area contributed by atoms with Gasteiger partial charge in [0.2, 0.25) is 0 Å². The van der Waals surface area contributed by atoms with Gasteiger partial charge < -0.3 is 10.5 Å². The summed E-state index contributed by atoms with van der Waals surface area (Å²) in [6.45, 7) is 2.95. The van der Waals surface area contributed by atoms with E-state index >= 15 is 0 Å². The molecule has 0 aliphatic carbocycles. The third-order valence-electron chi connectivity index (χ3n) is 2.10. The van der Waals surface area contributed by atoms with Crippen molar-refractivity contribution >= 4 is 11.3 Å². The number of ether oxygens (including phenoxy) is 1. The monoisotopic (exact) mass is 214 g/mol. The third kappa shape index (κ3) is 4.17.